The largest absolute Gasteiger partial charge is 0.504 e. The second-order valence-corrected chi connectivity index (χ2v) is 10.8. The summed E-state index contributed by atoms with van der Waals surface area (Å²) in [4.78, 5) is 12.5. The molecule has 260 valence electrons. The third-order valence-electron chi connectivity index (χ3n) is 7.72. The summed E-state index contributed by atoms with van der Waals surface area (Å²) in [6.07, 6.45) is -13.4. The number of carbonyl (C=O) groups excluding carboxylic acids is 1. The fraction of sp³-hybridized carbons (Fsp3) is 0.516. The molecule has 2 aliphatic heterocycles. The van der Waals surface area contributed by atoms with Gasteiger partial charge in [-0.15, -0.1) is 0 Å². The number of phenols is 2. The van der Waals surface area contributed by atoms with E-state index in [9.17, 15) is 45.6 Å². The molecule has 2 fully saturated rings. The van der Waals surface area contributed by atoms with Crippen LogP contribution in [0.15, 0.2) is 42.5 Å². The Morgan fingerprint density at radius 2 is 1.49 bits per heavy atom. The van der Waals surface area contributed by atoms with Crippen LogP contribution in [-0.2, 0) is 34.9 Å². The summed E-state index contributed by atoms with van der Waals surface area (Å²) in [6, 6.07) is 9.07. The Bertz CT molecular complexity index is 1350. The maximum Gasteiger partial charge on any atom is 0.331 e. The first kappa shape index (κ1) is 36.3. The molecule has 0 aromatic heterocycles. The Balaban J connectivity index is 1.38. The summed E-state index contributed by atoms with van der Waals surface area (Å²) in [7, 11) is 2.77. The van der Waals surface area contributed by atoms with Crippen LogP contribution in [0, 0.1) is 0 Å². The minimum Gasteiger partial charge on any atom is -0.504 e. The quantitative estimate of drug-likeness (QED) is 0.0900. The maximum absolute atomic E-state index is 12.5. The number of methoxy groups -OCH3 is 2. The molecule has 2 heterocycles. The SMILES string of the molecule is COc1ccc(CCO[C@@H]2O[C@H](CO)[C@@H](O)[C@H](O[C@@H]3O[C@H](CO)[C@@H](OC(=O)/C=C/c4ccc(O)c(OC)c4)[C@H](O)[C@H]3O)[C@H]2O)cc1O. The fourth-order valence-corrected chi connectivity index (χ4v) is 5.14. The monoisotopic (exact) mass is 668 g/mol. The molecule has 0 saturated carbocycles. The summed E-state index contributed by atoms with van der Waals surface area (Å²) in [5.41, 5.74) is 1.15. The number of aliphatic hydroxyl groups excluding tert-OH is 6. The lowest BCUT2D eigenvalue weighted by molar-refractivity contribution is -0.360. The molecule has 0 unspecified atom stereocenters. The molecule has 0 amide bonds. The molecule has 0 aliphatic carbocycles. The molecule has 0 radical (unpaired) electrons. The first-order chi connectivity index (χ1) is 22.5. The van der Waals surface area contributed by atoms with Crippen molar-refractivity contribution in [3.05, 3.63) is 53.6 Å². The highest BCUT2D eigenvalue weighted by Crippen LogP contribution is 2.32. The van der Waals surface area contributed by atoms with E-state index < -0.39 is 80.6 Å². The van der Waals surface area contributed by atoms with Crippen molar-refractivity contribution >= 4 is 12.0 Å². The second kappa shape index (κ2) is 16.5. The molecule has 10 atom stereocenters. The molecule has 16 heteroatoms. The van der Waals surface area contributed by atoms with E-state index in [4.69, 9.17) is 33.2 Å². The molecule has 16 nitrogen and oxygen atoms in total. The average molecular weight is 669 g/mol. The molecule has 47 heavy (non-hydrogen) atoms. The van der Waals surface area contributed by atoms with Gasteiger partial charge in [-0.25, -0.2) is 4.79 Å². The van der Waals surface area contributed by atoms with Gasteiger partial charge in [0.25, 0.3) is 0 Å². The van der Waals surface area contributed by atoms with Crippen LogP contribution in [0.4, 0.5) is 0 Å². The number of benzene rings is 2. The Kier molecular flexibility index (Phi) is 12.8. The first-order valence-corrected chi connectivity index (χ1v) is 14.6. The molecule has 2 saturated heterocycles. The van der Waals surface area contributed by atoms with E-state index >= 15 is 0 Å². The van der Waals surface area contributed by atoms with Crippen LogP contribution in [0.3, 0.4) is 0 Å². The predicted octanol–water partition coefficient (Wildman–Crippen LogP) is -1.44. The van der Waals surface area contributed by atoms with Gasteiger partial charge in [-0.05, 0) is 47.9 Å². The van der Waals surface area contributed by atoms with Gasteiger partial charge in [0.1, 0.15) is 42.7 Å². The van der Waals surface area contributed by atoms with E-state index in [2.05, 4.69) is 0 Å². The lowest BCUT2D eigenvalue weighted by atomic mass is 9.96. The topological polar surface area (TPSA) is 244 Å². The van der Waals surface area contributed by atoms with E-state index in [1.54, 1.807) is 12.1 Å². The first-order valence-electron chi connectivity index (χ1n) is 14.6. The zero-order chi connectivity index (χ0) is 34.2. The number of hydrogen-bond acceptors (Lipinski definition) is 16. The number of phenolic OH excluding ortho intramolecular Hbond substituents is 2. The third kappa shape index (κ3) is 8.68. The Morgan fingerprint density at radius 3 is 2.15 bits per heavy atom. The lowest BCUT2D eigenvalue weighted by Crippen LogP contribution is -2.65. The van der Waals surface area contributed by atoms with E-state index in [0.717, 1.165) is 6.08 Å². The number of aliphatic hydroxyl groups is 6. The molecule has 2 aliphatic rings. The smallest absolute Gasteiger partial charge is 0.331 e. The van der Waals surface area contributed by atoms with Crippen molar-refractivity contribution in [2.75, 3.05) is 34.0 Å². The summed E-state index contributed by atoms with van der Waals surface area (Å²) >= 11 is 0. The molecule has 0 bridgehead atoms. The number of esters is 1. The van der Waals surface area contributed by atoms with Crippen LogP contribution in [0.25, 0.3) is 6.08 Å². The second-order valence-electron chi connectivity index (χ2n) is 10.8. The summed E-state index contributed by atoms with van der Waals surface area (Å²) in [6.45, 7) is -1.51. The Hall–Kier alpha value is -3.55. The molecule has 2 aromatic rings. The maximum atomic E-state index is 12.5. The number of rotatable bonds is 13. The van der Waals surface area contributed by atoms with Crippen molar-refractivity contribution in [1.82, 2.24) is 0 Å². The molecular formula is C31H40O16. The van der Waals surface area contributed by atoms with Crippen LogP contribution in [0.1, 0.15) is 11.1 Å². The van der Waals surface area contributed by atoms with Gasteiger partial charge in [0.15, 0.2) is 41.7 Å². The van der Waals surface area contributed by atoms with E-state index in [1.165, 1.54) is 44.6 Å². The lowest BCUT2D eigenvalue weighted by Gasteiger charge is -2.46. The van der Waals surface area contributed by atoms with E-state index in [0.29, 0.717) is 11.1 Å². The van der Waals surface area contributed by atoms with Crippen molar-refractivity contribution in [3.63, 3.8) is 0 Å². The summed E-state index contributed by atoms with van der Waals surface area (Å²) < 4.78 is 37.7. The highest BCUT2D eigenvalue weighted by molar-refractivity contribution is 5.87. The summed E-state index contributed by atoms with van der Waals surface area (Å²) in [5.74, 6) is -0.679. The van der Waals surface area contributed by atoms with Gasteiger partial charge in [0.05, 0.1) is 34.0 Å². The van der Waals surface area contributed by atoms with Crippen molar-refractivity contribution in [2.45, 2.75) is 67.8 Å². The number of hydrogen-bond donors (Lipinski definition) is 8. The van der Waals surface area contributed by atoms with Crippen molar-refractivity contribution < 1.29 is 78.8 Å². The van der Waals surface area contributed by atoms with Crippen LogP contribution in [-0.4, -0.2) is 142 Å². The standard InChI is InChI=1S/C31H40O16/c1-41-19-7-4-16(11-18(19)35)9-10-43-30-27(40)29(24(37)21(13-32)44-30)47-31-26(39)25(38)28(22(14-33)45-31)46-23(36)8-5-15-3-6-17(34)20(12-15)42-2/h3-8,11-12,21-22,24-35,37-40H,9-10,13-14H2,1-2H3/b8-5+/t21-,22-,24-,25-,26-,27-,28-,29+,30-,31+/m1/s1. The van der Waals surface area contributed by atoms with Crippen LogP contribution in [0.5, 0.6) is 23.0 Å². The molecule has 4 rings (SSSR count). The van der Waals surface area contributed by atoms with Gasteiger partial charge in [-0.3, -0.25) is 0 Å². The zero-order valence-corrected chi connectivity index (χ0v) is 25.6. The fourth-order valence-electron chi connectivity index (χ4n) is 5.14. The minimum absolute atomic E-state index is 0.0237. The van der Waals surface area contributed by atoms with Crippen molar-refractivity contribution in [2.24, 2.45) is 0 Å². The van der Waals surface area contributed by atoms with Gasteiger partial charge in [-0.2, -0.15) is 0 Å². The minimum atomic E-state index is -1.89. The van der Waals surface area contributed by atoms with Crippen LogP contribution < -0.4 is 9.47 Å². The van der Waals surface area contributed by atoms with Crippen molar-refractivity contribution in [1.29, 1.82) is 0 Å². The molecule has 8 N–H and O–H groups in total. The van der Waals surface area contributed by atoms with E-state index in [-0.39, 0.29) is 36.0 Å². The zero-order valence-electron chi connectivity index (χ0n) is 25.6. The van der Waals surface area contributed by atoms with Crippen LogP contribution >= 0.6 is 0 Å². The summed E-state index contributed by atoms with van der Waals surface area (Å²) in [5, 5.41) is 82.8. The van der Waals surface area contributed by atoms with Gasteiger partial charge in [0.2, 0.25) is 0 Å². The average Bonchev–Trinajstić information content (AvgIpc) is 3.06. The number of carbonyl (C=O) groups is 1. The predicted molar refractivity (Wildman–Crippen MR) is 158 cm³/mol. The molecule has 2 aromatic carbocycles. The Morgan fingerprint density at radius 1 is 0.787 bits per heavy atom. The van der Waals surface area contributed by atoms with Crippen molar-refractivity contribution in [3.8, 4) is 23.0 Å². The molecular weight excluding hydrogens is 628 g/mol. The van der Waals surface area contributed by atoms with Gasteiger partial charge in [0, 0.05) is 6.08 Å². The highest BCUT2D eigenvalue weighted by Gasteiger charge is 2.52. The number of aromatic hydroxyl groups is 2. The third-order valence-corrected chi connectivity index (χ3v) is 7.72. The number of ether oxygens (including phenoxy) is 7. The van der Waals surface area contributed by atoms with Gasteiger partial charge < -0.3 is 74.0 Å². The van der Waals surface area contributed by atoms with E-state index in [1.807, 2.05) is 0 Å². The highest BCUT2D eigenvalue weighted by atomic mass is 16.7. The normalized spacial score (nSPS) is 31.1. The van der Waals surface area contributed by atoms with Gasteiger partial charge >= 0.3 is 5.97 Å². The molecule has 0 spiro atoms. The van der Waals surface area contributed by atoms with Gasteiger partial charge in [-0.1, -0.05) is 12.1 Å². The Labute approximate surface area is 269 Å². The van der Waals surface area contributed by atoms with Crippen LogP contribution in [0.2, 0.25) is 0 Å².